The first-order valence-electron chi connectivity index (χ1n) is 5.22. The van der Waals surface area contributed by atoms with Crippen LogP contribution in [0.2, 0.25) is 0 Å². The SMILES string of the molecule is CO/C(N)=C(/C=C(\N)Cl)C(C)N/C=C(\C(=N)F)[N+](=O)[O-]. The third-order valence-electron chi connectivity index (χ3n) is 2.16. The van der Waals surface area contributed by atoms with E-state index in [4.69, 9.17) is 33.2 Å². The van der Waals surface area contributed by atoms with Crippen molar-refractivity contribution >= 4 is 17.6 Å². The molecule has 0 rings (SSSR count). The molecular formula is C10H15ClFN5O3. The predicted molar refractivity (Wildman–Crippen MR) is 72.9 cm³/mol. The molecule has 0 bridgehead atoms. The van der Waals surface area contributed by atoms with Crippen LogP contribution in [-0.2, 0) is 4.74 Å². The quantitative estimate of drug-likeness (QED) is 0.137. The van der Waals surface area contributed by atoms with E-state index in [0.717, 1.165) is 6.20 Å². The van der Waals surface area contributed by atoms with Crippen LogP contribution in [0.3, 0.4) is 0 Å². The Bertz CT molecular complexity index is 469. The van der Waals surface area contributed by atoms with Crippen molar-refractivity contribution in [1.29, 1.82) is 5.41 Å². The first kappa shape index (κ1) is 17.7. The summed E-state index contributed by atoms with van der Waals surface area (Å²) in [5.41, 5.74) is 10.2. The summed E-state index contributed by atoms with van der Waals surface area (Å²) in [5.74, 6) is -1.69. The molecule has 0 radical (unpaired) electrons. The number of rotatable bonds is 7. The molecule has 6 N–H and O–H groups in total. The second kappa shape index (κ2) is 8.00. The minimum Gasteiger partial charge on any atom is -0.482 e. The van der Waals surface area contributed by atoms with Crippen LogP contribution in [0.25, 0.3) is 0 Å². The second-order valence-corrected chi connectivity index (χ2v) is 3.98. The van der Waals surface area contributed by atoms with Crippen LogP contribution >= 0.6 is 11.6 Å². The normalized spacial score (nSPS) is 15.2. The minimum absolute atomic E-state index is 0.0139. The molecule has 0 saturated heterocycles. The number of nitrogens with one attached hydrogen (secondary N) is 2. The van der Waals surface area contributed by atoms with Crippen molar-refractivity contribution in [3.8, 4) is 0 Å². The Morgan fingerprint density at radius 2 is 2.15 bits per heavy atom. The number of hydrogen-bond acceptors (Lipinski definition) is 7. The molecule has 20 heavy (non-hydrogen) atoms. The molecule has 112 valence electrons. The van der Waals surface area contributed by atoms with Crippen molar-refractivity contribution in [3.05, 3.63) is 44.7 Å². The molecule has 0 aromatic carbocycles. The summed E-state index contributed by atoms with van der Waals surface area (Å²) in [5, 5.41) is 19.6. The number of allylic oxidation sites excluding steroid dienone is 1. The highest BCUT2D eigenvalue weighted by Crippen LogP contribution is 2.12. The Balaban J connectivity index is 5.28. The molecule has 0 heterocycles. The maximum atomic E-state index is 12.6. The Morgan fingerprint density at radius 3 is 2.50 bits per heavy atom. The summed E-state index contributed by atoms with van der Waals surface area (Å²) < 4.78 is 17.4. The smallest absolute Gasteiger partial charge is 0.338 e. The summed E-state index contributed by atoms with van der Waals surface area (Å²) >= 11 is 5.53. The number of nitrogens with zero attached hydrogens (tertiary/aromatic N) is 1. The summed E-state index contributed by atoms with van der Waals surface area (Å²) in [6.45, 7) is 1.56. The van der Waals surface area contributed by atoms with E-state index in [-0.39, 0.29) is 11.0 Å². The molecule has 0 aliphatic rings. The molecule has 0 aliphatic carbocycles. The lowest BCUT2D eigenvalue weighted by molar-refractivity contribution is -0.416. The van der Waals surface area contributed by atoms with Gasteiger partial charge in [0.25, 0.3) is 5.97 Å². The fourth-order valence-corrected chi connectivity index (χ4v) is 1.28. The van der Waals surface area contributed by atoms with E-state index in [1.54, 1.807) is 6.92 Å². The van der Waals surface area contributed by atoms with Gasteiger partial charge in [-0.1, -0.05) is 11.6 Å². The fourth-order valence-electron chi connectivity index (χ4n) is 1.17. The van der Waals surface area contributed by atoms with Crippen molar-refractivity contribution < 1.29 is 14.1 Å². The standard InChI is InChI=1S/C10H15ClFN5O3/c1-5(6(3-8(11)13)10(15)20-2)16-4-7(9(12)14)17(18)19/h3-5,14,16H,13,15H2,1-2H3/b7-4+,8-3-,10-6-,14-9?. The van der Waals surface area contributed by atoms with Crippen molar-refractivity contribution in [2.75, 3.05) is 7.11 Å². The molecule has 0 amide bonds. The maximum absolute atomic E-state index is 12.6. The van der Waals surface area contributed by atoms with Crippen molar-refractivity contribution in [1.82, 2.24) is 5.32 Å². The van der Waals surface area contributed by atoms with Crippen LogP contribution < -0.4 is 16.8 Å². The highest BCUT2D eigenvalue weighted by molar-refractivity contribution is 6.29. The van der Waals surface area contributed by atoms with E-state index in [2.05, 4.69) is 5.32 Å². The topological polar surface area (TPSA) is 140 Å². The van der Waals surface area contributed by atoms with E-state index >= 15 is 0 Å². The number of hydrogen-bond donors (Lipinski definition) is 4. The van der Waals surface area contributed by atoms with Crippen molar-refractivity contribution in [3.63, 3.8) is 0 Å². The van der Waals surface area contributed by atoms with Crippen LogP contribution in [0, 0.1) is 15.5 Å². The van der Waals surface area contributed by atoms with Gasteiger partial charge in [-0.15, -0.1) is 0 Å². The van der Waals surface area contributed by atoms with Crippen LogP contribution in [0.15, 0.2) is 34.6 Å². The van der Waals surface area contributed by atoms with Gasteiger partial charge < -0.3 is 21.5 Å². The molecular weight excluding hydrogens is 293 g/mol. The Hall–Kier alpha value is -2.29. The number of nitro groups is 1. The first-order chi connectivity index (χ1) is 9.20. The summed E-state index contributed by atoms with van der Waals surface area (Å²) in [6, 6.07) is -0.624. The molecule has 0 aliphatic heterocycles. The van der Waals surface area contributed by atoms with Crippen molar-refractivity contribution in [2.24, 2.45) is 11.5 Å². The molecule has 1 unspecified atom stereocenters. The molecule has 10 heteroatoms. The third kappa shape index (κ3) is 5.57. The van der Waals surface area contributed by atoms with E-state index in [1.165, 1.54) is 13.2 Å². The van der Waals surface area contributed by atoms with Gasteiger partial charge in [0.2, 0.25) is 0 Å². The van der Waals surface area contributed by atoms with Crippen LogP contribution in [0.4, 0.5) is 4.39 Å². The zero-order valence-corrected chi connectivity index (χ0v) is 11.6. The Labute approximate surface area is 119 Å². The van der Waals surface area contributed by atoms with Crippen LogP contribution in [-0.4, -0.2) is 24.0 Å². The average Bonchev–Trinajstić information content (AvgIpc) is 2.33. The molecule has 0 aromatic rings. The lowest BCUT2D eigenvalue weighted by Crippen LogP contribution is -2.27. The molecule has 8 nitrogen and oxygen atoms in total. The van der Waals surface area contributed by atoms with Gasteiger partial charge in [-0.2, -0.15) is 4.39 Å². The fraction of sp³-hybridized carbons (Fsp3) is 0.300. The van der Waals surface area contributed by atoms with Gasteiger partial charge in [-0.05, 0) is 13.0 Å². The molecule has 0 aromatic heterocycles. The highest BCUT2D eigenvalue weighted by atomic mass is 35.5. The number of nitrogens with two attached hydrogens (primary N) is 2. The predicted octanol–water partition coefficient (Wildman–Crippen LogP) is 0.885. The summed E-state index contributed by atoms with van der Waals surface area (Å²) in [4.78, 5) is 9.46. The van der Waals surface area contributed by atoms with Gasteiger partial charge in [0.15, 0.2) is 5.88 Å². The van der Waals surface area contributed by atoms with Gasteiger partial charge >= 0.3 is 5.70 Å². The van der Waals surface area contributed by atoms with Crippen LogP contribution in [0.5, 0.6) is 0 Å². The lowest BCUT2D eigenvalue weighted by Gasteiger charge is -2.15. The van der Waals surface area contributed by atoms with Gasteiger partial charge in [-0.3, -0.25) is 15.5 Å². The minimum atomic E-state index is -1.67. The number of ether oxygens (including phenoxy) is 1. The van der Waals surface area contributed by atoms with Gasteiger partial charge in [0, 0.05) is 5.57 Å². The van der Waals surface area contributed by atoms with E-state index in [9.17, 15) is 14.5 Å². The molecule has 0 fully saturated rings. The largest absolute Gasteiger partial charge is 0.482 e. The zero-order valence-electron chi connectivity index (χ0n) is 10.8. The molecule has 1 atom stereocenters. The van der Waals surface area contributed by atoms with E-state index < -0.39 is 22.6 Å². The molecule has 0 spiro atoms. The Morgan fingerprint density at radius 1 is 1.60 bits per heavy atom. The summed E-state index contributed by atoms with van der Waals surface area (Å²) in [6.07, 6.45) is 2.03. The molecule has 0 saturated carbocycles. The first-order valence-corrected chi connectivity index (χ1v) is 5.59. The Kier molecular flexibility index (Phi) is 7.08. The average molecular weight is 308 g/mol. The van der Waals surface area contributed by atoms with E-state index in [1.807, 2.05) is 0 Å². The third-order valence-corrected chi connectivity index (χ3v) is 2.27. The zero-order chi connectivity index (χ0) is 15.9. The van der Waals surface area contributed by atoms with Gasteiger partial charge in [-0.25, -0.2) is 0 Å². The summed E-state index contributed by atoms with van der Waals surface area (Å²) in [7, 11) is 1.32. The van der Waals surface area contributed by atoms with E-state index in [0.29, 0.717) is 5.57 Å². The maximum Gasteiger partial charge on any atom is 0.338 e. The van der Waals surface area contributed by atoms with Gasteiger partial charge in [0.1, 0.15) is 0 Å². The number of halogens is 2. The second-order valence-electron chi connectivity index (χ2n) is 3.54. The monoisotopic (exact) mass is 307 g/mol. The van der Waals surface area contributed by atoms with Crippen molar-refractivity contribution in [2.45, 2.75) is 13.0 Å². The number of methoxy groups -OCH3 is 1. The van der Waals surface area contributed by atoms with Gasteiger partial charge in [0.05, 0.1) is 29.4 Å². The van der Waals surface area contributed by atoms with Crippen LogP contribution in [0.1, 0.15) is 6.92 Å². The lowest BCUT2D eigenvalue weighted by atomic mass is 10.1. The highest BCUT2D eigenvalue weighted by Gasteiger charge is 2.19.